The second-order valence-electron chi connectivity index (χ2n) is 8.28. The van der Waals surface area contributed by atoms with Gasteiger partial charge in [0.2, 0.25) is 0 Å². The fourth-order valence-electron chi connectivity index (χ4n) is 4.18. The van der Waals surface area contributed by atoms with Crippen molar-refractivity contribution in [3.63, 3.8) is 0 Å². The molecule has 0 amide bonds. The molecule has 28 heavy (non-hydrogen) atoms. The van der Waals surface area contributed by atoms with Crippen LogP contribution in [-0.4, -0.2) is 25.5 Å². The number of ether oxygens (including phenoxy) is 1. The van der Waals surface area contributed by atoms with Crippen molar-refractivity contribution in [1.82, 2.24) is 4.90 Å². The van der Waals surface area contributed by atoms with Gasteiger partial charge in [0.05, 0.1) is 12.2 Å². The summed E-state index contributed by atoms with van der Waals surface area (Å²) in [6.45, 7) is 6.10. The third-order valence-corrected chi connectivity index (χ3v) is 6.03. The van der Waals surface area contributed by atoms with Gasteiger partial charge < -0.3 is 9.64 Å². The van der Waals surface area contributed by atoms with Crippen LogP contribution in [0.5, 0.6) is 0 Å². The molecule has 3 aromatic rings. The van der Waals surface area contributed by atoms with E-state index in [-0.39, 0.29) is 18.0 Å². The Balaban J connectivity index is 0.00000225. The Morgan fingerprint density at radius 3 is 2.29 bits per heavy atom. The monoisotopic (exact) mass is 395 g/mol. The number of fused-ring (bicyclic) bond motifs is 2. The number of nitrogens with zero attached hydrogens (tertiary/aromatic N) is 1. The molecule has 0 aromatic heterocycles. The maximum atomic E-state index is 6.65. The van der Waals surface area contributed by atoms with Crippen LogP contribution in [0.2, 0.25) is 0 Å². The quantitative estimate of drug-likeness (QED) is 0.553. The van der Waals surface area contributed by atoms with E-state index in [4.69, 9.17) is 4.74 Å². The van der Waals surface area contributed by atoms with E-state index in [2.05, 4.69) is 87.4 Å². The Kier molecular flexibility index (Phi) is 6.14. The van der Waals surface area contributed by atoms with Crippen LogP contribution < -0.4 is 0 Å². The summed E-state index contributed by atoms with van der Waals surface area (Å²) in [6, 6.07) is 20.1. The number of halogens is 1. The lowest BCUT2D eigenvalue weighted by Crippen LogP contribution is -2.38. The predicted molar refractivity (Wildman–Crippen MR) is 120 cm³/mol. The van der Waals surface area contributed by atoms with Crippen molar-refractivity contribution in [3.05, 3.63) is 82.4 Å². The van der Waals surface area contributed by atoms with E-state index in [0.29, 0.717) is 6.61 Å². The van der Waals surface area contributed by atoms with Crippen LogP contribution in [0, 0.1) is 13.8 Å². The maximum absolute atomic E-state index is 6.65. The molecule has 3 heteroatoms. The Morgan fingerprint density at radius 2 is 1.57 bits per heavy atom. The number of hydrogen-bond acceptors (Lipinski definition) is 2. The third-order valence-electron chi connectivity index (χ3n) is 6.03. The van der Waals surface area contributed by atoms with E-state index >= 15 is 0 Å². The third kappa shape index (κ3) is 3.96. The molecule has 0 saturated heterocycles. The summed E-state index contributed by atoms with van der Waals surface area (Å²) in [7, 11) is 4.27. The van der Waals surface area contributed by atoms with Gasteiger partial charge in [-0.05, 0) is 79.0 Å². The molecule has 4 rings (SSSR count). The van der Waals surface area contributed by atoms with Crippen molar-refractivity contribution in [2.45, 2.75) is 38.9 Å². The summed E-state index contributed by atoms with van der Waals surface area (Å²) in [5.41, 5.74) is 6.55. The van der Waals surface area contributed by atoms with E-state index < -0.39 is 0 Å². The molecule has 0 bridgehead atoms. The van der Waals surface area contributed by atoms with Crippen LogP contribution in [0.3, 0.4) is 0 Å². The van der Waals surface area contributed by atoms with Gasteiger partial charge in [0.1, 0.15) is 0 Å². The van der Waals surface area contributed by atoms with Crippen molar-refractivity contribution < 1.29 is 4.74 Å². The standard InChI is InChI=1S/C25H29NO.ClH/c1-18-13-22-16-25(11-12-26(3)4,27-17-23(22)14-19(18)2)24-10-9-20-7-5-6-8-21(20)15-24;/h5-10,13-15H,11-12,16-17H2,1-4H3;1H. The SMILES string of the molecule is Cc1cc2c(cc1C)CC(CCN(C)C)(c1ccc3ccccc3c1)OC2.Cl. The van der Waals surface area contributed by atoms with E-state index in [1.165, 1.54) is 38.6 Å². The lowest BCUT2D eigenvalue weighted by Gasteiger charge is -2.40. The minimum absolute atomic E-state index is 0. The van der Waals surface area contributed by atoms with Gasteiger partial charge in [-0.15, -0.1) is 12.4 Å². The summed E-state index contributed by atoms with van der Waals surface area (Å²) < 4.78 is 6.65. The highest BCUT2D eigenvalue weighted by Crippen LogP contribution is 2.41. The van der Waals surface area contributed by atoms with Gasteiger partial charge in [0.25, 0.3) is 0 Å². The molecular weight excluding hydrogens is 366 g/mol. The molecule has 0 saturated carbocycles. The first-order chi connectivity index (χ1) is 13.0. The molecule has 1 aliphatic heterocycles. The Labute approximate surface area is 174 Å². The van der Waals surface area contributed by atoms with E-state index in [1.54, 1.807) is 0 Å². The van der Waals surface area contributed by atoms with Crippen molar-refractivity contribution in [2.75, 3.05) is 20.6 Å². The minimum atomic E-state index is -0.261. The van der Waals surface area contributed by atoms with Crippen LogP contribution >= 0.6 is 12.4 Å². The molecular formula is C25H30ClNO. The molecule has 0 aliphatic carbocycles. The van der Waals surface area contributed by atoms with Gasteiger partial charge >= 0.3 is 0 Å². The Bertz CT molecular complexity index is 981. The molecule has 0 fully saturated rings. The van der Waals surface area contributed by atoms with Crippen molar-refractivity contribution >= 4 is 23.2 Å². The summed E-state index contributed by atoms with van der Waals surface area (Å²) in [5.74, 6) is 0. The summed E-state index contributed by atoms with van der Waals surface area (Å²) in [5, 5.41) is 2.57. The largest absolute Gasteiger partial charge is 0.365 e. The second-order valence-corrected chi connectivity index (χ2v) is 8.28. The van der Waals surface area contributed by atoms with E-state index in [9.17, 15) is 0 Å². The maximum Gasteiger partial charge on any atom is 0.0988 e. The minimum Gasteiger partial charge on any atom is -0.365 e. The summed E-state index contributed by atoms with van der Waals surface area (Å²) in [4.78, 5) is 2.25. The second kappa shape index (κ2) is 8.24. The number of aryl methyl sites for hydroxylation is 2. The van der Waals surface area contributed by atoms with Gasteiger partial charge in [-0.1, -0.05) is 48.5 Å². The topological polar surface area (TPSA) is 12.5 Å². The highest BCUT2D eigenvalue weighted by Gasteiger charge is 2.37. The van der Waals surface area contributed by atoms with Crippen molar-refractivity contribution in [3.8, 4) is 0 Å². The first-order valence-electron chi connectivity index (χ1n) is 9.84. The van der Waals surface area contributed by atoms with Gasteiger partial charge in [-0.3, -0.25) is 0 Å². The Hall–Kier alpha value is -1.87. The molecule has 1 heterocycles. The number of rotatable bonds is 4. The van der Waals surface area contributed by atoms with Crippen LogP contribution in [0.1, 0.15) is 34.2 Å². The van der Waals surface area contributed by atoms with Gasteiger partial charge in [-0.2, -0.15) is 0 Å². The molecule has 0 N–H and O–H groups in total. The fraction of sp³-hybridized carbons (Fsp3) is 0.360. The summed E-state index contributed by atoms with van der Waals surface area (Å²) >= 11 is 0. The van der Waals surface area contributed by atoms with Crippen LogP contribution in [0.25, 0.3) is 10.8 Å². The fourth-order valence-corrected chi connectivity index (χ4v) is 4.18. The predicted octanol–water partition coefficient (Wildman–Crippen LogP) is 5.80. The van der Waals surface area contributed by atoms with E-state index in [0.717, 1.165) is 19.4 Å². The zero-order valence-corrected chi connectivity index (χ0v) is 18.1. The molecule has 1 aliphatic rings. The lowest BCUT2D eigenvalue weighted by molar-refractivity contribution is -0.0818. The molecule has 1 atom stereocenters. The average Bonchev–Trinajstić information content (AvgIpc) is 2.67. The highest BCUT2D eigenvalue weighted by molar-refractivity contribution is 5.85. The van der Waals surface area contributed by atoms with E-state index in [1.807, 2.05) is 0 Å². The van der Waals surface area contributed by atoms with Gasteiger partial charge in [-0.25, -0.2) is 0 Å². The van der Waals surface area contributed by atoms with Crippen molar-refractivity contribution in [2.24, 2.45) is 0 Å². The smallest absolute Gasteiger partial charge is 0.0988 e. The molecule has 3 aromatic carbocycles. The molecule has 0 spiro atoms. The Morgan fingerprint density at radius 1 is 0.893 bits per heavy atom. The highest BCUT2D eigenvalue weighted by atomic mass is 35.5. The molecule has 2 nitrogen and oxygen atoms in total. The van der Waals surface area contributed by atoms with Crippen LogP contribution in [0.4, 0.5) is 0 Å². The van der Waals surface area contributed by atoms with Crippen molar-refractivity contribution in [1.29, 1.82) is 0 Å². The van der Waals surface area contributed by atoms with Gasteiger partial charge in [0.15, 0.2) is 0 Å². The molecule has 1 unspecified atom stereocenters. The average molecular weight is 396 g/mol. The first kappa shape index (κ1) is 20.9. The van der Waals surface area contributed by atoms with Crippen LogP contribution in [0.15, 0.2) is 54.6 Å². The van der Waals surface area contributed by atoms with Gasteiger partial charge in [0, 0.05) is 13.0 Å². The van der Waals surface area contributed by atoms with Crippen LogP contribution in [-0.2, 0) is 23.4 Å². The lowest BCUT2D eigenvalue weighted by atomic mass is 9.79. The number of hydrogen-bond donors (Lipinski definition) is 0. The number of benzene rings is 3. The first-order valence-corrected chi connectivity index (χ1v) is 9.84. The molecule has 148 valence electrons. The zero-order valence-electron chi connectivity index (χ0n) is 17.3. The summed E-state index contributed by atoms with van der Waals surface area (Å²) in [6.07, 6.45) is 1.93. The normalized spacial score (nSPS) is 18.8. The zero-order chi connectivity index (χ0) is 19.0. The molecule has 0 radical (unpaired) electrons.